The van der Waals surface area contributed by atoms with E-state index in [-0.39, 0.29) is 5.60 Å². The monoisotopic (exact) mass is 447 g/mol. The number of hydrogen-bond acceptors (Lipinski definition) is 4. The summed E-state index contributed by atoms with van der Waals surface area (Å²) < 4.78 is 20.0. The number of piperidine rings is 1. The molecule has 29 heavy (non-hydrogen) atoms. The Kier molecular flexibility index (Phi) is 6.72. The second-order valence-corrected chi connectivity index (χ2v) is 10.5. The van der Waals surface area contributed by atoms with Gasteiger partial charge in [-0.2, -0.15) is 0 Å². The second-order valence-electron chi connectivity index (χ2n) is 7.68. The number of methoxy groups -OCH3 is 1. The summed E-state index contributed by atoms with van der Waals surface area (Å²) in [7, 11) is 0.731. The minimum absolute atomic E-state index is 0.292. The molecule has 0 spiro atoms. The number of ether oxygens (including phenoxy) is 1. The molecular weight excluding hydrogens is 422 g/mol. The van der Waals surface area contributed by atoms with Gasteiger partial charge in [-0.3, -0.25) is 4.21 Å². The summed E-state index contributed by atoms with van der Waals surface area (Å²) in [5, 5.41) is 4.34. The number of fused-ring (bicyclic) bond motifs is 1. The van der Waals surface area contributed by atoms with Gasteiger partial charge in [0.1, 0.15) is 0 Å². The van der Waals surface area contributed by atoms with Crippen LogP contribution in [0.4, 0.5) is 0 Å². The maximum absolute atomic E-state index is 12.8. The van der Waals surface area contributed by atoms with Gasteiger partial charge in [0.05, 0.1) is 22.2 Å². The van der Waals surface area contributed by atoms with E-state index in [0.717, 1.165) is 48.8 Å². The van der Waals surface area contributed by atoms with Crippen LogP contribution in [0.15, 0.2) is 58.8 Å². The molecule has 154 valence electrons. The first-order valence-corrected chi connectivity index (χ1v) is 12.5. The molecule has 1 aliphatic rings. The van der Waals surface area contributed by atoms with Crippen molar-refractivity contribution in [2.75, 3.05) is 32.5 Å². The van der Waals surface area contributed by atoms with Crippen molar-refractivity contribution in [1.82, 2.24) is 4.90 Å². The minimum Gasteiger partial charge on any atom is -0.377 e. The van der Waals surface area contributed by atoms with Gasteiger partial charge in [-0.1, -0.05) is 29.8 Å². The van der Waals surface area contributed by atoms with E-state index >= 15 is 0 Å². The lowest BCUT2D eigenvalue weighted by Crippen LogP contribution is -2.49. The van der Waals surface area contributed by atoms with Crippen LogP contribution < -0.4 is 0 Å². The number of hydrogen-bond donors (Lipinski definition) is 0. The Labute approximate surface area is 184 Å². The van der Waals surface area contributed by atoms with Gasteiger partial charge in [0.25, 0.3) is 0 Å². The molecule has 2 heterocycles. The third-order valence-corrected chi connectivity index (χ3v) is 8.75. The van der Waals surface area contributed by atoms with Crippen LogP contribution >= 0.6 is 22.9 Å². The Morgan fingerprint density at radius 3 is 2.66 bits per heavy atom. The molecule has 0 bridgehead atoms. The topological polar surface area (TPSA) is 29.5 Å². The first-order chi connectivity index (χ1) is 14.1. The number of rotatable bonds is 7. The summed E-state index contributed by atoms with van der Waals surface area (Å²) in [5.74, 6) is 0.565. The molecule has 0 N–H and O–H groups in total. The van der Waals surface area contributed by atoms with Crippen molar-refractivity contribution in [2.45, 2.75) is 29.8 Å². The lowest BCUT2D eigenvalue weighted by atomic mass is 9.93. The van der Waals surface area contributed by atoms with Crippen LogP contribution in [0.25, 0.3) is 10.1 Å². The van der Waals surface area contributed by atoms with E-state index in [1.165, 1.54) is 15.6 Å². The highest BCUT2D eigenvalue weighted by Crippen LogP contribution is 2.31. The smallest absolute Gasteiger partial charge is 0.0821 e. The van der Waals surface area contributed by atoms with Gasteiger partial charge in [0, 0.05) is 41.4 Å². The molecule has 1 aromatic heterocycles. The Bertz CT molecular complexity index is 981. The maximum Gasteiger partial charge on any atom is 0.0821 e. The highest BCUT2D eigenvalue weighted by Gasteiger charge is 2.36. The fourth-order valence-corrected chi connectivity index (χ4v) is 6.67. The summed E-state index contributed by atoms with van der Waals surface area (Å²) >= 11 is 7.97. The van der Waals surface area contributed by atoms with Gasteiger partial charge >= 0.3 is 0 Å². The van der Waals surface area contributed by atoms with Gasteiger partial charge in [-0.15, -0.1) is 11.3 Å². The van der Waals surface area contributed by atoms with E-state index in [2.05, 4.69) is 22.4 Å². The van der Waals surface area contributed by atoms with Crippen LogP contribution in [-0.2, 0) is 22.0 Å². The molecule has 0 saturated carbocycles. The second kappa shape index (κ2) is 9.27. The zero-order valence-electron chi connectivity index (χ0n) is 16.6. The van der Waals surface area contributed by atoms with Crippen molar-refractivity contribution in [2.24, 2.45) is 0 Å². The van der Waals surface area contributed by atoms with E-state index in [1.807, 2.05) is 36.4 Å². The van der Waals surface area contributed by atoms with Crippen molar-refractivity contribution in [3.05, 3.63) is 64.5 Å². The lowest BCUT2D eigenvalue weighted by molar-refractivity contribution is -0.0391. The van der Waals surface area contributed by atoms with Gasteiger partial charge in [0.2, 0.25) is 0 Å². The number of nitrogens with zero attached hydrogens (tertiary/aromatic N) is 1. The van der Waals surface area contributed by atoms with E-state index in [0.29, 0.717) is 5.75 Å². The molecule has 6 heteroatoms. The summed E-state index contributed by atoms with van der Waals surface area (Å²) in [6.07, 6.45) is 2.85. The molecule has 3 aromatic rings. The van der Waals surface area contributed by atoms with Crippen LogP contribution in [0, 0.1) is 0 Å². The summed E-state index contributed by atoms with van der Waals surface area (Å²) in [5.41, 5.74) is 1.08. The number of benzene rings is 2. The maximum atomic E-state index is 12.8. The Hall–Kier alpha value is -1.24. The zero-order chi connectivity index (χ0) is 20.3. The largest absolute Gasteiger partial charge is 0.377 e. The van der Waals surface area contributed by atoms with Crippen molar-refractivity contribution >= 4 is 43.8 Å². The lowest BCUT2D eigenvalue weighted by Gasteiger charge is -2.40. The van der Waals surface area contributed by atoms with Crippen LogP contribution in [0.5, 0.6) is 0 Å². The van der Waals surface area contributed by atoms with Crippen molar-refractivity contribution in [3.8, 4) is 0 Å². The summed E-state index contributed by atoms with van der Waals surface area (Å²) in [6.45, 7) is 2.98. The summed E-state index contributed by atoms with van der Waals surface area (Å²) in [4.78, 5) is 3.38. The average molecular weight is 448 g/mol. The SMILES string of the molecule is COC1(CS(=O)c2ccccc2)CCN(CCc2csc3ccc(Cl)cc23)CC1. The highest BCUT2D eigenvalue weighted by molar-refractivity contribution is 7.85. The predicted octanol–water partition coefficient (Wildman–Crippen LogP) is 5.39. The standard InChI is InChI=1S/C23H26ClNO2S2/c1-27-23(17-29(26)20-5-3-2-4-6-20)10-13-25(14-11-23)12-9-18-16-28-22-8-7-19(24)15-21(18)22/h2-8,15-16H,9-14,17H2,1H3. The molecule has 3 nitrogen and oxygen atoms in total. The first kappa shape index (κ1) is 21.0. The van der Waals surface area contributed by atoms with E-state index < -0.39 is 10.8 Å². The number of halogens is 1. The van der Waals surface area contributed by atoms with Gasteiger partial charge in [-0.25, -0.2) is 0 Å². The van der Waals surface area contributed by atoms with E-state index in [9.17, 15) is 4.21 Å². The molecule has 0 radical (unpaired) electrons. The fourth-order valence-electron chi connectivity index (χ4n) is 4.01. The Balaban J connectivity index is 1.34. The molecule has 1 saturated heterocycles. The molecule has 4 rings (SSSR count). The third kappa shape index (κ3) is 4.92. The molecule has 0 aliphatic carbocycles. The molecule has 1 aliphatic heterocycles. The molecule has 1 unspecified atom stereocenters. The molecule has 2 aromatic carbocycles. The third-order valence-electron chi connectivity index (χ3n) is 5.91. The average Bonchev–Trinajstić information content (AvgIpc) is 3.16. The van der Waals surface area contributed by atoms with Crippen molar-refractivity contribution in [1.29, 1.82) is 0 Å². The van der Waals surface area contributed by atoms with Crippen molar-refractivity contribution in [3.63, 3.8) is 0 Å². The molecular formula is C23H26ClNO2S2. The molecule has 0 amide bonds. The van der Waals surface area contributed by atoms with Gasteiger partial charge in [-0.05, 0) is 65.9 Å². The quantitative estimate of drug-likeness (QED) is 0.486. The summed E-state index contributed by atoms with van der Waals surface area (Å²) in [6, 6.07) is 15.8. The number of thiophene rings is 1. The Morgan fingerprint density at radius 2 is 1.93 bits per heavy atom. The first-order valence-electron chi connectivity index (χ1n) is 9.95. The van der Waals surface area contributed by atoms with E-state index in [1.54, 1.807) is 18.4 Å². The van der Waals surface area contributed by atoms with Crippen molar-refractivity contribution < 1.29 is 8.95 Å². The number of likely N-dealkylation sites (tertiary alicyclic amines) is 1. The van der Waals surface area contributed by atoms with Crippen LogP contribution in [0.1, 0.15) is 18.4 Å². The van der Waals surface area contributed by atoms with Crippen LogP contribution in [0.3, 0.4) is 0 Å². The molecule has 1 atom stereocenters. The fraction of sp³-hybridized carbons (Fsp3) is 0.391. The molecule has 1 fully saturated rings. The Morgan fingerprint density at radius 1 is 1.17 bits per heavy atom. The highest BCUT2D eigenvalue weighted by atomic mass is 35.5. The predicted molar refractivity (Wildman–Crippen MR) is 124 cm³/mol. The van der Waals surface area contributed by atoms with E-state index in [4.69, 9.17) is 16.3 Å². The van der Waals surface area contributed by atoms with Crippen LogP contribution in [0.2, 0.25) is 5.02 Å². The van der Waals surface area contributed by atoms with Gasteiger partial charge in [0.15, 0.2) is 0 Å². The van der Waals surface area contributed by atoms with Crippen LogP contribution in [-0.4, -0.2) is 47.2 Å². The minimum atomic E-state index is -1.03. The normalized spacial score (nSPS) is 18.1. The zero-order valence-corrected chi connectivity index (χ0v) is 19.0. The van der Waals surface area contributed by atoms with Gasteiger partial charge < -0.3 is 9.64 Å².